The standard InChI is InChI=1S/C21H23ClFN3O2/c1-21(2,3)28-20(27)26-12-14-8-15(10-18(23)9-14)16(11-24)13-25-19-6-4-17(22)5-7-19/h4-11,13,24-25H,12H2,1-3H3,(H,26,27)/b16-13+,24-11?. The van der Waals surface area contributed by atoms with E-state index < -0.39 is 17.5 Å². The van der Waals surface area contributed by atoms with Gasteiger partial charge in [0.05, 0.1) is 0 Å². The predicted octanol–water partition coefficient (Wildman–Crippen LogP) is 5.61. The number of carbonyl (C=O) groups is 1. The lowest BCUT2D eigenvalue weighted by atomic mass is 10.0. The van der Waals surface area contributed by atoms with Crippen molar-refractivity contribution in [3.63, 3.8) is 0 Å². The van der Waals surface area contributed by atoms with E-state index >= 15 is 0 Å². The number of ether oxygens (including phenoxy) is 1. The summed E-state index contributed by atoms with van der Waals surface area (Å²) in [5.41, 5.74) is 1.72. The van der Waals surface area contributed by atoms with E-state index in [4.69, 9.17) is 21.7 Å². The molecule has 148 valence electrons. The van der Waals surface area contributed by atoms with Crippen LogP contribution in [0.5, 0.6) is 0 Å². The van der Waals surface area contributed by atoms with Gasteiger partial charge in [-0.1, -0.05) is 11.6 Å². The fourth-order valence-corrected chi connectivity index (χ4v) is 2.45. The highest BCUT2D eigenvalue weighted by atomic mass is 35.5. The highest BCUT2D eigenvalue weighted by Crippen LogP contribution is 2.19. The van der Waals surface area contributed by atoms with Crippen molar-refractivity contribution >= 4 is 35.2 Å². The van der Waals surface area contributed by atoms with Crippen LogP contribution in [-0.2, 0) is 11.3 Å². The average molecular weight is 404 g/mol. The van der Waals surface area contributed by atoms with Crippen molar-refractivity contribution in [3.8, 4) is 0 Å². The molecule has 0 aliphatic heterocycles. The highest BCUT2D eigenvalue weighted by molar-refractivity contribution is 6.30. The molecule has 0 aromatic heterocycles. The lowest BCUT2D eigenvalue weighted by molar-refractivity contribution is 0.0523. The minimum absolute atomic E-state index is 0.107. The Kier molecular flexibility index (Phi) is 7.18. The lowest BCUT2D eigenvalue weighted by Crippen LogP contribution is -2.32. The quantitative estimate of drug-likeness (QED) is 0.549. The largest absolute Gasteiger partial charge is 0.444 e. The number of carbonyl (C=O) groups excluding carboxylic acids is 1. The van der Waals surface area contributed by atoms with Gasteiger partial charge in [0.15, 0.2) is 0 Å². The van der Waals surface area contributed by atoms with Gasteiger partial charge < -0.3 is 20.8 Å². The van der Waals surface area contributed by atoms with Crippen molar-refractivity contribution in [1.29, 1.82) is 5.41 Å². The van der Waals surface area contributed by atoms with Crippen LogP contribution in [0, 0.1) is 11.2 Å². The van der Waals surface area contributed by atoms with Crippen LogP contribution < -0.4 is 10.6 Å². The molecule has 3 N–H and O–H groups in total. The molecule has 0 atom stereocenters. The second kappa shape index (κ2) is 9.37. The molecule has 2 aromatic rings. The molecule has 0 fully saturated rings. The van der Waals surface area contributed by atoms with Gasteiger partial charge in [0.1, 0.15) is 11.4 Å². The molecular formula is C21H23ClFN3O2. The van der Waals surface area contributed by atoms with Crippen molar-refractivity contribution in [1.82, 2.24) is 5.32 Å². The van der Waals surface area contributed by atoms with Crippen LogP contribution >= 0.6 is 11.6 Å². The third-order valence-corrected chi connectivity index (χ3v) is 3.77. The number of benzene rings is 2. The lowest BCUT2D eigenvalue weighted by Gasteiger charge is -2.19. The van der Waals surface area contributed by atoms with Gasteiger partial charge >= 0.3 is 6.09 Å². The average Bonchev–Trinajstić information content (AvgIpc) is 2.60. The van der Waals surface area contributed by atoms with E-state index in [9.17, 15) is 9.18 Å². The van der Waals surface area contributed by atoms with Crippen molar-refractivity contribution in [2.24, 2.45) is 0 Å². The van der Waals surface area contributed by atoms with Gasteiger partial charge in [-0.15, -0.1) is 0 Å². The van der Waals surface area contributed by atoms with Gasteiger partial charge in [-0.2, -0.15) is 0 Å². The fraction of sp³-hybridized carbons (Fsp3) is 0.238. The van der Waals surface area contributed by atoms with Gasteiger partial charge in [0.2, 0.25) is 0 Å². The predicted molar refractivity (Wildman–Crippen MR) is 111 cm³/mol. The molecule has 2 rings (SSSR count). The zero-order chi connectivity index (χ0) is 20.7. The van der Waals surface area contributed by atoms with E-state index in [1.165, 1.54) is 12.1 Å². The summed E-state index contributed by atoms with van der Waals surface area (Å²) >= 11 is 5.86. The maximum atomic E-state index is 14.0. The molecule has 0 spiro atoms. The zero-order valence-electron chi connectivity index (χ0n) is 16.0. The van der Waals surface area contributed by atoms with Crippen LogP contribution in [-0.4, -0.2) is 17.9 Å². The molecular weight excluding hydrogens is 381 g/mol. The second-order valence-corrected chi connectivity index (χ2v) is 7.54. The minimum Gasteiger partial charge on any atom is -0.444 e. The van der Waals surface area contributed by atoms with Crippen molar-refractivity contribution in [2.75, 3.05) is 5.32 Å². The van der Waals surface area contributed by atoms with E-state index in [1.807, 2.05) is 0 Å². The molecule has 0 saturated carbocycles. The van der Waals surface area contributed by atoms with Crippen molar-refractivity contribution in [3.05, 3.63) is 70.6 Å². The molecule has 0 aliphatic carbocycles. The first-order chi connectivity index (χ1) is 13.2. The first-order valence-electron chi connectivity index (χ1n) is 8.66. The van der Waals surface area contributed by atoms with E-state index in [-0.39, 0.29) is 6.54 Å². The third kappa shape index (κ3) is 7.04. The van der Waals surface area contributed by atoms with Crippen molar-refractivity contribution in [2.45, 2.75) is 32.9 Å². The maximum Gasteiger partial charge on any atom is 0.407 e. The van der Waals surface area contributed by atoms with Crippen LogP contribution in [0.2, 0.25) is 5.02 Å². The third-order valence-electron chi connectivity index (χ3n) is 3.52. The molecule has 0 heterocycles. The molecule has 28 heavy (non-hydrogen) atoms. The van der Waals surface area contributed by atoms with Crippen LogP contribution in [0.15, 0.2) is 48.7 Å². The molecule has 2 aromatic carbocycles. The van der Waals surface area contributed by atoms with E-state index in [0.29, 0.717) is 21.7 Å². The molecule has 0 radical (unpaired) electrons. The first kappa shape index (κ1) is 21.4. The Labute approximate surface area is 169 Å². The summed E-state index contributed by atoms with van der Waals surface area (Å²) in [5.74, 6) is -0.460. The highest BCUT2D eigenvalue weighted by Gasteiger charge is 2.16. The molecule has 7 heteroatoms. The van der Waals surface area contributed by atoms with E-state index in [1.54, 1.807) is 57.3 Å². The summed E-state index contributed by atoms with van der Waals surface area (Å²) in [6.45, 7) is 5.40. The van der Waals surface area contributed by atoms with Gasteiger partial charge in [0, 0.05) is 35.2 Å². The van der Waals surface area contributed by atoms with Crippen molar-refractivity contribution < 1.29 is 13.9 Å². The molecule has 0 unspecified atom stereocenters. The van der Waals surface area contributed by atoms with Gasteiger partial charge in [-0.05, 0) is 74.4 Å². The van der Waals surface area contributed by atoms with Gasteiger partial charge in [-0.3, -0.25) is 0 Å². The topological polar surface area (TPSA) is 74.2 Å². The Morgan fingerprint density at radius 1 is 1.21 bits per heavy atom. The Bertz CT molecular complexity index is 874. The Balaban J connectivity index is 2.13. The summed E-state index contributed by atoms with van der Waals surface area (Å²) < 4.78 is 19.2. The van der Waals surface area contributed by atoms with Gasteiger partial charge in [-0.25, -0.2) is 9.18 Å². The molecule has 0 aliphatic rings. The molecule has 1 amide bonds. The Hall–Kier alpha value is -2.86. The minimum atomic E-state index is -0.611. The second-order valence-electron chi connectivity index (χ2n) is 7.10. The number of hydrogen-bond acceptors (Lipinski definition) is 4. The summed E-state index contributed by atoms with van der Waals surface area (Å²) in [7, 11) is 0. The SMILES string of the molecule is CC(C)(C)OC(=O)NCc1cc(F)cc(/C(C=N)=C/Nc2ccc(Cl)cc2)c1. The summed E-state index contributed by atoms with van der Waals surface area (Å²) in [5, 5.41) is 13.9. The van der Waals surface area contributed by atoms with Crippen LogP contribution in [0.1, 0.15) is 31.9 Å². The van der Waals surface area contributed by atoms with Crippen LogP contribution in [0.4, 0.5) is 14.9 Å². The molecule has 0 saturated heterocycles. The summed E-state index contributed by atoms with van der Waals surface area (Å²) in [6, 6.07) is 11.4. The molecule has 0 bridgehead atoms. The summed E-state index contributed by atoms with van der Waals surface area (Å²) in [4.78, 5) is 11.8. The maximum absolute atomic E-state index is 14.0. The summed E-state index contributed by atoms with van der Waals surface area (Å²) in [6.07, 6.45) is 2.16. The number of hydrogen-bond donors (Lipinski definition) is 3. The number of anilines is 1. The normalized spacial score (nSPS) is 11.7. The Morgan fingerprint density at radius 3 is 2.50 bits per heavy atom. The molecule has 5 nitrogen and oxygen atoms in total. The van der Waals surface area contributed by atoms with E-state index in [0.717, 1.165) is 11.9 Å². The number of amides is 1. The smallest absolute Gasteiger partial charge is 0.407 e. The first-order valence-corrected chi connectivity index (χ1v) is 9.03. The number of alkyl carbamates (subject to hydrolysis) is 1. The number of rotatable bonds is 6. The Morgan fingerprint density at radius 2 is 1.89 bits per heavy atom. The number of nitrogens with one attached hydrogen (secondary N) is 3. The number of halogens is 2. The zero-order valence-corrected chi connectivity index (χ0v) is 16.7. The van der Waals surface area contributed by atoms with Crippen LogP contribution in [0.3, 0.4) is 0 Å². The monoisotopic (exact) mass is 403 g/mol. The number of allylic oxidation sites excluding steroid dienone is 1. The van der Waals surface area contributed by atoms with E-state index in [2.05, 4.69) is 10.6 Å². The van der Waals surface area contributed by atoms with Gasteiger partial charge in [0.25, 0.3) is 0 Å². The fourth-order valence-electron chi connectivity index (χ4n) is 2.32. The van der Waals surface area contributed by atoms with Crippen LogP contribution in [0.25, 0.3) is 5.57 Å².